The van der Waals surface area contributed by atoms with E-state index in [-0.39, 0.29) is 12.0 Å². The predicted molar refractivity (Wildman–Crippen MR) is 78.7 cm³/mol. The molecule has 104 valence electrons. The molecule has 1 aliphatic heterocycles. The number of hydrogen-bond acceptors (Lipinski definition) is 5. The molecular formula is C13H19N3O2S. The third-order valence-electron chi connectivity index (χ3n) is 2.90. The molecule has 0 aliphatic carbocycles. The number of nitrogens with two attached hydrogens (primary N) is 1. The van der Waals surface area contributed by atoms with Crippen molar-refractivity contribution in [2.45, 2.75) is 18.9 Å². The van der Waals surface area contributed by atoms with E-state index in [4.69, 9.17) is 10.5 Å². The van der Waals surface area contributed by atoms with E-state index in [1.807, 2.05) is 0 Å². The van der Waals surface area contributed by atoms with Crippen LogP contribution in [-0.4, -0.2) is 31.7 Å². The standard InChI is InChI=1S/C13H19N3O2S/c1-2-5-15-13(17)12-10(14)7-11(19-12)16-8-9-4-3-6-18-9/h2,7,9,16H,1,3-6,8,14H2,(H,15,17). The number of nitrogens with one attached hydrogen (secondary N) is 2. The molecular weight excluding hydrogens is 262 g/mol. The summed E-state index contributed by atoms with van der Waals surface area (Å²) in [6.07, 6.45) is 4.11. The van der Waals surface area contributed by atoms with Crippen LogP contribution in [-0.2, 0) is 4.74 Å². The molecule has 1 amide bonds. The molecule has 1 fully saturated rings. The highest BCUT2D eigenvalue weighted by Gasteiger charge is 2.17. The van der Waals surface area contributed by atoms with Gasteiger partial charge in [-0.1, -0.05) is 6.08 Å². The molecule has 0 aromatic carbocycles. The number of amides is 1. The van der Waals surface area contributed by atoms with Crippen molar-refractivity contribution in [1.29, 1.82) is 0 Å². The molecule has 4 N–H and O–H groups in total. The molecule has 0 saturated carbocycles. The minimum Gasteiger partial charge on any atom is -0.397 e. The first kappa shape index (κ1) is 13.9. The molecule has 1 aliphatic rings. The van der Waals surface area contributed by atoms with Crippen LogP contribution in [0, 0.1) is 0 Å². The van der Waals surface area contributed by atoms with Crippen LogP contribution in [0.4, 0.5) is 10.7 Å². The molecule has 2 heterocycles. The Morgan fingerprint density at radius 1 is 1.68 bits per heavy atom. The molecule has 1 atom stereocenters. The summed E-state index contributed by atoms with van der Waals surface area (Å²) < 4.78 is 5.53. The van der Waals surface area contributed by atoms with Crippen LogP contribution in [0.5, 0.6) is 0 Å². The monoisotopic (exact) mass is 281 g/mol. The number of carbonyl (C=O) groups is 1. The van der Waals surface area contributed by atoms with Gasteiger partial charge in [-0.05, 0) is 18.9 Å². The van der Waals surface area contributed by atoms with Gasteiger partial charge in [-0.3, -0.25) is 4.79 Å². The highest BCUT2D eigenvalue weighted by Crippen LogP contribution is 2.29. The van der Waals surface area contributed by atoms with E-state index in [0.717, 1.165) is 31.0 Å². The Morgan fingerprint density at radius 3 is 3.21 bits per heavy atom. The molecule has 0 spiro atoms. The summed E-state index contributed by atoms with van der Waals surface area (Å²) in [6, 6.07) is 1.79. The molecule has 19 heavy (non-hydrogen) atoms. The first-order valence-electron chi connectivity index (χ1n) is 6.34. The Hall–Kier alpha value is -1.53. The Bertz CT molecular complexity index is 453. The maximum atomic E-state index is 11.8. The molecule has 0 bridgehead atoms. The number of anilines is 2. The third kappa shape index (κ3) is 3.71. The van der Waals surface area contributed by atoms with Crippen molar-refractivity contribution in [3.8, 4) is 0 Å². The topological polar surface area (TPSA) is 76.4 Å². The number of carbonyl (C=O) groups excluding carboxylic acids is 1. The third-order valence-corrected chi connectivity index (χ3v) is 4.01. The van der Waals surface area contributed by atoms with Gasteiger partial charge in [-0.15, -0.1) is 17.9 Å². The fourth-order valence-corrected chi connectivity index (χ4v) is 2.84. The lowest BCUT2D eigenvalue weighted by molar-refractivity contribution is 0.0963. The van der Waals surface area contributed by atoms with Crippen molar-refractivity contribution < 1.29 is 9.53 Å². The Morgan fingerprint density at radius 2 is 2.53 bits per heavy atom. The summed E-state index contributed by atoms with van der Waals surface area (Å²) in [5.74, 6) is -0.160. The molecule has 1 saturated heterocycles. The van der Waals surface area contributed by atoms with E-state index in [0.29, 0.717) is 17.1 Å². The Balaban J connectivity index is 1.91. The lowest BCUT2D eigenvalue weighted by atomic mass is 10.2. The van der Waals surface area contributed by atoms with Crippen molar-refractivity contribution >= 4 is 27.9 Å². The SMILES string of the molecule is C=CCNC(=O)c1sc(NCC2CCCO2)cc1N. The summed E-state index contributed by atoms with van der Waals surface area (Å²) in [7, 11) is 0. The van der Waals surface area contributed by atoms with Crippen LogP contribution >= 0.6 is 11.3 Å². The zero-order valence-corrected chi connectivity index (χ0v) is 11.6. The summed E-state index contributed by atoms with van der Waals surface area (Å²) >= 11 is 1.36. The zero-order valence-electron chi connectivity index (χ0n) is 10.8. The van der Waals surface area contributed by atoms with Crippen molar-refractivity contribution in [1.82, 2.24) is 5.32 Å². The molecule has 5 nitrogen and oxygen atoms in total. The first-order valence-corrected chi connectivity index (χ1v) is 7.16. The van der Waals surface area contributed by atoms with Gasteiger partial charge in [-0.2, -0.15) is 0 Å². The largest absolute Gasteiger partial charge is 0.397 e. The second-order valence-corrected chi connectivity index (χ2v) is 5.46. The lowest BCUT2D eigenvalue weighted by Crippen LogP contribution is -2.22. The van der Waals surface area contributed by atoms with Crippen molar-refractivity contribution in [3.05, 3.63) is 23.6 Å². The molecule has 6 heteroatoms. The Labute approximate surface area is 116 Å². The van der Waals surface area contributed by atoms with Crippen LogP contribution < -0.4 is 16.4 Å². The maximum absolute atomic E-state index is 11.8. The van der Waals surface area contributed by atoms with Crippen LogP contribution in [0.3, 0.4) is 0 Å². The van der Waals surface area contributed by atoms with E-state index in [9.17, 15) is 4.79 Å². The minimum absolute atomic E-state index is 0.160. The summed E-state index contributed by atoms with van der Waals surface area (Å²) in [4.78, 5) is 12.4. The molecule has 0 radical (unpaired) electrons. The van der Waals surface area contributed by atoms with E-state index in [2.05, 4.69) is 17.2 Å². The smallest absolute Gasteiger partial charge is 0.263 e. The maximum Gasteiger partial charge on any atom is 0.263 e. The van der Waals surface area contributed by atoms with E-state index >= 15 is 0 Å². The van der Waals surface area contributed by atoms with Crippen LogP contribution in [0.1, 0.15) is 22.5 Å². The average Bonchev–Trinajstić information content (AvgIpc) is 3.02. The highest BCUT2D eigenvalue weighted by molar-refractivity contribution is 7.18. The first-order chi connectivity index (χ1) is 9.20. The van der Waals surface area contributed by atoms with Gasteiger partial charge in [0, 0.05) is 19.7 Å². The fourth-order valence-electron chi connectivity index (χ4n) is 1.93. The van der Waals surface area contributed by atoms with Crippen LogP contribution in [0.25, 0.3) is 0 Å². The fraction of sp³-hybridized carbons (Fsp3) is 0.462. The van der Waals surface area contributed by atoms with Gasteiger partial charge in [0.2, 0.25) is 0 Å². The lowest BCUT2D eigenvalue weighted by Gasteiger charge is -2.09. The predicted octanol–water partition coefficient (Wildman–Crippen LogP) is 1.84. The van der Waals surface area contributed by atoms with Gasteiger partial charge in [0.25, 0.3) is 5.91 Å². The number of thiophene rings is 1. The van der Waals surface area contributed by atoms with Gasteiger partial charge in [0.15, 0.2) is 0 Å². The van der Waals surface area contributed by atoms with Gasteiger partial charge >= 0.3 is 0 Å². The van der Waals surface area contributed by atoms with Gasteiger partial charge in [0.05, 0.1) is 16.8 Å². The summed E-state index contributed by atoms with van der Waals surface area (Å²) in [5, 5.41) is 6.89. The van der Waals surface area contributed by atoms with E-state index in [1.54, 1.807) is 12.1 Å². The number of nitrogen functional groups attached to an aromatic ring is 1. The van der Waals surface area contributed by atoms with E-state index in [1.165, 1.54) is 11.3 Å². The summed E-state index contributed by atoms with van der Waals surface area (Å²) in [5.41, 5.74) is 6.35. The zero-order chi connectivity index (χ0) is 13.7. The quantitative estimate of drug-likeness (QED) is 0.695. The van der Waals surface area contributed by atoms with E-state index < -0.39 is 0 Å². The van der Waals surface area contributed by atoms with Gasteiger partial charge < -0.3 is 21.1 Å². The number of rotatable bonds is 6. The van der Waals surface area contributed by atoms with Crippen LogP contribution in [0.2, 0.25) is 0 Å². The van der Waals surface area contributed by atoms with Gasteiger partial charge in [0.1, 0.15) is 4.88 Å². The summed E-state index contributed by atoms with van der Waals surface area (Å²) in [6.45, 7) is 5.60. The number of hydrogen-bond donors (Lipinski definition) is 3. The molecule has 1 unspecified atom stereocenters. The van der Waals surface area contributed by atoms with Crippen LogP contribution in [0.15, 0.2) is 18.7 Å². The number of ether oxygens (including phenoxy) is 1. The molecule has 1 aromatic rings. The highest BCUT2D eigenvalue weighted by atomic mass is 32.1. The second kappa shape index (κ2) is 6.58. The average molecular weight is 281 g/mol. The second-order valence-electron chi connectivity index (χ2n) is 4.41. The van der Waals surface area contributed by atoms with Crippen molar-refractivity contribution in [3.63, 3.8) is 0 Å². The normalized spacial score (nSPS) is 18.2. The Kier molecular flexibility index (Phi) is 4.81. The molecule has 2 rings (SSSR count). The van der Waals surface area contributed by atoms with Crippen molar-refractivity contribution in [2.24, 2.45) is 0 Å². The van der Waals surface area contributed by atoms with Crippen molar-refractivity contribution in [2.75, 3.05) is 30.7 Å². The minimum atomic E-state index is -0.160. The molecule has 1 aromatic heterocycles. The van der Waals surface area contributed by atoms with Gasteiger partial charge in [-0.25, -0.2) is 0 Å².